The molecular formula is C17H24FN3O2. The molecule has 23 heavy (non-hydrogen) atoms. The number of halogens is 1. The highest BCUT2D eigenvalue weighted by atomic mass is 19.1. The zero-order valence-electron chi connectivity index (χ0n) is 13.5. The van der Waals surface area contributed by atoms with Crippen molar-refractivity contribution in [2.24, 2.45) is 17.6 Å². The maximum atomic E-state index is 12.9. The second kappa shape index (κ2) is 7.55. The van der Waals surface area contributed by atoms with E-state index >= 15 is 0 Å². The van der Waals surface area contributed by atoms with E-state index in [1.807, 2.05) is 13.8 Å². The van der Waals surface area contributed by atoms with Crippen molar-refractivity contribution in [1.82, 2.24) is 10.6 Å². The van der Waals surface area contributed by atoms with Gasteiger partial charge in [0.15, 0.2) is 0 Å². The van der Waals surface area contributed by atoms with E-state index in [2.05, 4.69) is 10.6 Å². The van der Waals surface area contributed by atoms with Crippen LogP contribution < -0.4 is 16.4 Å². The van der Waals surface area contributed by atoms with Crippen LogP contribution in [-0.2, 0) is 4.79 Å². The summed E-state index contributed by atoms with van der Waals surface area (Å²) >= 11 is 0. The van der Waals surface area contributed by atoms with Gasteiger partial charge in [0.05, 0.1) is 0 Å². The van der Waals surface area contributed by atoms with Crippen LogP contribution in [0.25, 0.3) is 0 Å². The van der Waals surface area contributed by atoms with Gasteiger partial charge >= 0.3 is 0 Å². The van der Waals surface area contributed by atoms with E-state index in [-0.39, 0.29) is 17.9 Å². The van der Waals surface area contributed by atoms with E-state index < -0.39 is 17.8 Å². The Bertz CT molecular complexity index is 555. The van der Waals surface area contributed by atoms with Crippen molar-refractivity contribution in [1.29, 1.82) is 0 Å². The Balaban J connectivity index is 1.92. The lowest BCUT2D eigenvalue weighted by molar-refractivity contribution is -0.124. The third-order valence-electron chi connectivity index (χ3n) is 4.08. The maximum Gasteiger partial charge on any atom is 0.251 e. The summed E-state index contributed by atoms with van der Waals surface area (Å²) in [5.74, 6) is -0.621. The number of hydrogen-bond donors (Lipinski definition) is 3. The number of nitrogens with one attached hydrogen (secondary N) is 2. The number of nitrogens with two attached hydrogens (primary N) is 1. The largest absolute Gasteiger partial charge is 0.353 e. The summed E-state index contributed by atoms with van der Waals surface area (Å²) < 4.78 is 12.9. The average Bonchev–Trinajstić information content (AvgIpc) is 3.34. The summed E-state index contributed by atoms with van der Waals surface area (Å²) in [6, 6.07) is 4.53. The summed E-state index contributed by atoms with van der Waals surface area (Å²) in [4.78, 5) is 24.5. The van der Waals surface area contributed by atoms with Gasteiger partial charge in [0, 0.05) is 18.2 Å². The molecule has 1 aliphatic rings. The summed E-state index contributed by atoms with van der Waals surface area (Å²) in [5, 5.41) is 5.52. The Labute approximate surface area is 135 Å². The minimum absolute atomic E-state index is 0.0282. The number of rotatable bonds is 7. The van der Waals surface area contributed by atoms with E-state index in [0.717, 1.165) is 12.8 Å². The summed E-state index contributed by atoms with van der Waals surface area (Å²) in [6.45, 7) is 4.13. The van der Waals surface area contributed by atoms with Crippen molar-refractivity contribution in [3.05, 3.63) is 35.6 Å². The fraction of sp³-hybridized carbons (Fsp3) is 0.529. The van der Waals surface area contributed by atoms with Crippen LogP contribution in [0.15, 0.2) is 24.3 Å². The molecule has 6 heteroatoms. The molecule has 1 fully saturated rings. The Morgan fingerprint density at radius 1 is 1.26 bits per heavy atom. The van der Waals surface area contributed by atoms with Crippen LogP contribution in [0.1, 0.15) is 37.0 Å². The van der Waals surface area contributed by atoms with Gasteiger partial charge in [-0.25, -0.2) is 4.39 Å². The number of carbonyl (C=O) groups is 2. The monoisotopic (exact) mass is 321 g/mol. The lowest BCUT2D eigenvalue weighted by Gasteiger charge is -2.23. The Morgan fingerprint density at radius 2 is 1.87 bits per heavy atom. The predicted octanol–water partition coefficient (Wildman–Crippen LogP) is 1.43. The van der Waals surface area contributed by atoms with Crippen molar-refractivity contribution in [3.8, 4) is 0 Å². The van der Waals surface area contributed by atoms with Crippen molar-refractivity contribution < 1.29 is 14.0 Å². The van der Waals surface area contributed by atoms with Gasteiger partial charge in [-0.3, -0.25) is 9.59 Å². The molecule has 1 aromatic carbocycles. The summed E-state index contributed by atoms with van der Waals surface area (Å²) in [7, 11) is 0. The van der Waals surface area contributed by atoms with Gasteiger partial charge < -0.3 is 16.4 Å². The molecule has 0 heterocycles. The zero-order chi connectivity index (χ0) is 17.0. The summed E-state index contributed by atoms with van der Waals surface area (Å²) in [6.07, 6.45) is 2.23. The molecule has 0 bridgehead atoms. The molecule has 0 saturated heterocycles. The maximum absolute atomic E-state index is 12.9. The molecule has 4 N–H and O–H groups in total. The predicted molar refractivity (Wildman–Crippen MR) is 86.2 cm³/mol. The van der Waals surface area contributed by atoms with Gasteiger partial charge in [0.1, 0.15) is 11.9 Å². The Kier molecular flexibility index (Phi) is 5.71. The van der Waals surface area contributed by atoms with Gasteiger partial charge in [-0.1, -0.05) is 13.8 Å². The van der Waals surface area contributed by atoms with E-state index in [4.69, 9.17) is 5.73 Å². The molecule has 0 aromatic heterocycles. The lowest BCUT2D eigenvalue weighted by Crippen LogP contribution is -2.52. The van der Waals surface area contributed by atoms with Crippen LogP contribution in [0.4, 0.5) is 4.39 Å². The van der Waals surface area contributed by atoms with Crippen molar-refractivity contribution >= 4 is 11.8 Å². The van der Waals surface area contributed by atoms with Crippen LogP contribution in [0.2, 0.25) is 0 Å². The molecule has 1 aromatic rings. The van der Waals surface area contributed by atoms with E-state index in [0.29, 0.717) is 18.0 Å². The first-order valence-corrected chi connectivity index (χ1v) is 7.98. The molecule has 0 aliphatic heterocycles. The van der Waals surface area contributed by atoms with Crippen LogP contribution in [0.5, 0.6) is 0 Å². The Hall–Kier alpha value is -1.95. The number of hydrogen-bond acceptors (Lipinski definition) is 3. The standard InChI is InChI=1S/C17H24FN3O2/c1-10(2)15(17(23)20-9-14(19)11-3-4-11)21-16(22)12-5-7-13(18)8-6-12/h5-8,10-11,14-15H,3-4,9,19H2,1-2H3,(H,20,23)(H,21,22). The second-order valence-electron chi connectivity index (χ2n) is 6.45. The van der Waals surface area contributed by atoms with E-state index in [1.54, 1.807) is 0 Å². The minimum Gasteiger partial charge on any atom is -0.353 e. The van der Waals surface area contributed by atoms with Crippen molar-refractivity contribution in [2.75, 3.05) is 6.54 Å². The Morgan fingerprint density at radius 3 is 2.39 bits per heavy atom. The topological polar surface area (TPSA) is 84.2 Å². The van der Waals surface area contributed by atoms with Gasteiger partial charge in [0.2, 0.25) is 5.91 Å². The van der Waals surface area contributed by atoms with Crippen molar-refractivity contribution in [3.63, 3.8) is 0 Å². The molecule has 1 aliphatic carbocycles. The minimum atomic E-state index is -0.654. The van der Waals surface area contributed by atoms with Crippen LogP contribution in [0.3, 0.4) is 0 Å². The molecule has 5 nitrogen and oxygen atoms in total. The normalized spacial score (nSPS) is 16.7. The molecule has 2 rings (SSSR count). The average molecular weight is 321 g/mol. The van der Waals surface area contributed by atoms with Crippen LogP contribution >= 0.6 is 0 Å². The van der Waals surface area contributed by atoms with Gasteiger partial charge in [-0.05, 0) is 48.9 Å². The van der Waals surface area contributed by atoms with E-state index in [1.165, 1.54) is 24.3 Å². The smallest absolute Gasteiger partial charge is 0.251 e. The third-order valence-corrected chi connectivity index (χ3v) is 4.08. The molecule has 2 amide bonds. The van der Waals surface area contributed by atoms with Crippen molar-refractivity contribution in [2.45, 2.75) is 38.8 Å². The summed E-state index contributed by atoms with van der Waals surface area (Å²) in [5.41, 5.74) is 6.29. The molecule has 126 valence electrons. The SMILES string of the molecule is CC(C)C(NC(=O)c1ccc(F)cc1)C(=O)NCC(N)C1CC1. The molecule has 2 unspecified atom stereocenters. The highest BCUT2D eigenvalue weighted by Gasteiger charge is 2.30. The third kappa shape index (κ3) is 5.03. The number of benzene rings is 1. The lowest BCUT2D eigenvalue weighted by atomic mass is 10.0. The first-order valence-electron chi connectivity index (χ1n) is 7.98. The zero-order valence-corrected chi connectivity index (χ0v) is 13.5. The fourth-order valence-corrected chi connectivity index (χ4v) is 2.38. The van der Waals surface area contributed by atoms with Crippen LogP contribution in [0, 0.1) is 17.7 Å². The molecule has 0 spiro atoms. The van der Waals surface area contributed by atoms with Crippen LogP contribution in [-0.4, -0.2) is 30.4 Å². The second-order valence-corrected chi connectivity index (χ2v) is 6.45. The first-order chi connectivity index (χ1) is 10.9. The fourth-order valence-electron chi connectivity index (χ4n) is 2.38. The molecular weight excluding hydrogens is 297 g/mol. The first kappa shape index (κ1) is 17.4. The van der Waals surface area contributed by atoms with E-state index in [9.17, 15) is 14.0 Å². The number of carbonyl (C=O) groups excluding carboxylic acids is 2. The highest BCUT2D eigenvalue weighted by Crippen LogP contribution is 2.31. The molecule has 1 saturated carbocycles. The molecule has 0 radical (unpaired) electrons. The van der Waals surface area contributed by atoms with Gasteiger partial charge in [0.25, 0.3) is 5.91 Å². The molecule has 2 atom stereocenters. The van der Waals surface area contributed by atoms with Gasteiger partial charge in [-0.15, -0.1) is 0 Å². The van der Waals surface area contributed by atoms with Gasteiger partial charge in [-0.2, -0.15) is 0 Å². The quantitative estimate of drug-likeness (QED) is 0.710. The number of amides is 2. The highest BCUT2D eigenvalue weighted by molar-refractivity contribution is 5.97.